The number of benzene rings is 2. The maximum atomic E-state index is 12.7. The van der Waals surface area contributed by atoms with Crippen LogP contribution in [0.25, 0.3) is 11.3 Å². The maximum absolute atomic E-state index is 12.7. The van der Waals surface area contributed by atoms with E-state index in [4.69, 9.17) is 9.15 Å². The van der Waals surface area contributed by atoms with Crippen molar-refractivity contribution < 1.29 is 18.7 Å². The van der Waals surface area contributed by atoms with Crippen LogP contribution >= 0.6 is 0 Å². The summed E-state index contributed by atoms with van der Waals surface area (Å²) in [6, 6.07) is 17.2. The predicted molar refractivity (Wildman–Crippen MR) is 130 cm³/mol. The Bertz CT molecular complexity index is 1070. The summed E-state index contributed by atoms with van der Waals surface area (Å²) in [7, 11) is 0. The number of oxazole rings is 1. The number of nitrogens with zero attached hydrogens (tertiary/aromatic N) is 2. The predicted octanol–water partition coefficient (Wildman–Crippen LogP) is 4.48. The van der Waals surface area contributed by atoms with Crippen molar-refractivity contribution in [2.24, 2.45) is 0 Å². The van der Waals surface area contributed by atoms with Gasteiger partial charge in [-0.2, -0.15) is 0 Å². The van der Waals surface area contributed by atoms with Crippen LogP contribution in [0.3, 0.4) is 0 Å². The standard InChI is InChI=1S/C27H31N3O4/c1-2-33-23-13-11-21(12-14-23)27(32)30-17-15-22(16-18-30)29-25(31)9-6-10-26-28-19-24(34-26)20-7-4-3-5-8-20/h3-5,7-8,11-14,19,22H,2,6,9-10,15-18H2,1H3,(H,29,31). The van der Waals surface area contributed by atoms with Gasteiger partial charge in [0.2, 0.25) is 5.91 Å². The highest BCUT2D eigenvalue weighted by molar-refractivity contribution is 5.94. The van der Waals surface area contributed by atoms with Crippen LogP contribution in [0.4, 0.5) is 0 Å². The third-order valence-corrected chi connectivity index (χ3v) is 5.97. The summed E-state index contributed by atoms with van der Waals surface area (Å²) < 4.78 is 11.2. The van der Waals surface area contributed by atoms with Gasteiger partial charge < -0.3 is 19.4 Å². The van der Waals surface area contributed by atoms with Crippen LogP contribution in [-0.2, 0) is 11.2 Å². The molecule has 0 spiro atoms. The summed E-state index contributed by atoms with van der Waals surface area (Å²) in [5.41, 5.74) is 1.65. The molecule has 0 aliphatic carbocycles. The average molecular weight is 462 g/mol. The Kier molecular flexibility index (Phi) is 7.96. The Labute approximate surface area is 200 Å². The van der Waals surface area contributed by atoms with E-state index in [1.54, 1.807) is 18.3 Å². The molecule has 2 aromatic carbocycles. The summed E-state index contributed by atoms with van der Waals surface area (Å²) in [4.78, 5) is 31.3. The van der Waals surface area contributed by atoms with E-state index in [1.807, 2.05) is 54.3 Å². The first-order valence-corrected chi connectivity index (χ1v) is 11.9. The second-order valence-electron chi connectivity index (χ2n) is 8.43. The molecule has 0 saturated carbocycles. The number of hydrogen-bond donors (Lipinski definition) is 1. The van der Waals surface area contributed by atoms with Crippen LogP contribution in [0.2, 0.25) is 0 Å². The van der Waals surface area contributed by atoms with Crippen LogP contribution in [0, 0.1) is 0 Å². The van der Waals surface area contributed by atoms with E-state index in [2.05, 4.69) is 10.3 Å². The fourth-order valence-electron chi connectivity index (χ4n) is 4.13. The number of piperidine rings is 1. The molecule has 1 fully saturated rings. The Hall–Kier alpha value is -3.61. The van der Waals surface area contributed by atoms with E-state index in [-0.39, 0.29) is 17.9 Å². The summed E-state index contributed by atoms with van der Waals surface area (Å²) in [5.74, 6) is 2.21. The van der Waals surface area contributed by atoms with E-state index in [9.17, 15) is 9.59 Å². The number of aryl methyl sites for hydroxylation is 1. The van der Waals surface area contributed by atoms with Gasteiger partial charge >= 0.3 is 0 Å². The molecule has 4 rings (SSSR count). The van der Waals surface area contributed by atoms with Crippen molar-refractivity contribution in [3.63, 3.8) is 0 Å². The first-order chi connectivity index (χ1) is 16.6. The third kappa shape index (κ3) is 6.25. The Morgan fingerprint density at radius 1 is 1.09 bits per heavy atom. The molecule has 1 saturated heterocycles. The lowest BCUT2D eigenvalue weighted by Gasteiger charge is -2.32. The number of aromatic nitrogens is 1. The Morgan fingerprint density at radius 3 is 2.53 bits per heavy atom. The third-order valence-electron chi connectivity index (χ3n) is 5.97. The van der Waals surface area contributed by atoms with E-state index < -0.39 is 0 Å². The molecule has 178 valence electrons. The fourth-order valence-corrected chi connectivity index (χ4v) is 4.13. The molecule has 0 atom stereocenters. The van der Waals surface area contributed by atoms with Crippen LogP contribution in [0.15, 0.2) is 65.2 Å². The highest BCUT2D eigenvalue weighted by atomic mass is 16.5. The van der Waals surface area contributed by atoms with Crippen molar-refractivity contribution in [3.05, 3.63) is 72.2 Å². The Morgan fingerprint density at radius 2 is 1.82 bits per heavy atom. The molecular weight excluding hydrogens is 430 g/mol. The van der Waals surface area contributed by atoms with Gasteiger partial charge in [-0.05, 0) is 50.5 Å². The molecule has 2 heterocycles. The van der Waals surface area contributed by atoms with Crippen molar-refractivity contribution in [2.75, 3.05) is 19.7 Å². The monoisotopic (exact) mass is 461 g/mol. The smallest absolute Gasteiger partial charge is 0.253 e. The summed E-state index contributed by atoms with van der Waals surface area (Å²) in [6.45, 7) is 3.80. The van der Waals surface area contributed by atoms with Crippen LogP contribution in [-0.4, -0.2) is 47.4 Å². The van der Waals surface area contributed by atoms with Crippen molar-refractivity contribution in [3.8, 4) is 17.1 Å². The zero-order valence-corrected chi connectivity index (χ0v) is 19.5. The van der Waals surface area contributed by atoms with Gasteiger partial charge in [0, 0.05) is 43.1 Å². The van der Waals surface area contributed by atoms with Gasteiger partial charge in [-0.25, -0.2) is 4.98 Å². The fraction of sp³-hybridized carbons (Fsp3) is 0.370. The first kappa shape index (κ1) is 23.5. The van der Waals surface area contributed by atoms with Crippen molar-refractivity contribution in [1.29, 1.82) is 0 Å². The largest absolute Gasteiger partial charge is 0.494 e. The molecule has 1 aliphatic heterocycles. The number of carbonyl (C=O) groups is 2. The van der Waals surface area contributed by atoms with Crippen molar-refractivity contribution >= 4 is 11.8 Å². The SMILES string of the molecule is CCOc1ccc(C(=O)N2CCC(NC(=O)CCCc3ncc(-c4ccccc4)o3)CC2)cc1. The van der Waals surface area contributed by atoms with E-state index >= 15 is 0 Å². The molecule has 7 nitrogen and oxygen atoms in total. The van der Waals surface area contributed by atoms with Gasteiger partial charge in [0.05, 0.1) is 12.8 Å². The van der Waals surface area contributed by atoms with E-state index in [1.165, 1.54) is 0 Å². The lowest BCUT2D eigenvalue weighted by molar-refractivity contribution is -0.122. The zero-order valence-electron chi connectivity index (χ0n) is 19.5. The quantitative estimate of drug-likeness (QED) is 0.508. The van der Waals surface area contributed by atoms with Crippen molar-refractivity contribution in [2.45, 2.75) is 45.1 Å². The van der Waals surface area contributed by atoms with Crippen LogP contribution in [0.1, 0.15) is 48.9 Å². The van der Waals surface area contributed by atoms with Crippen LogP contribution in [0.5, 0.6) is 5.75 Å². The van der Waals surface area contributed by atoms with Gasteiger partial charge in [0.15, 0.2) is 11.7 Å². The van der Waals surface area contributed by atoms with Gasteiger partial charge in [-0.1, -0.05) is 30.3 Å². The normalized spacial score (nSPS) is 14.1. The van der Waals surface area contributed by atoms with Gasteiger partial charge in [0.1, 0.15) is 5.75 Å². The summed E-state index contributed by atoms with van der Waals surface area (Å²) in [5, 5.41) is 3.11. The minimum absolute atomic E-state index is 0.0219. The minimum atomic E-state index is 0.0219. The number of carbonyl (C=O) groups excluding carboxylic acids is 2. The molecule has 0 unspecified atom stereocenters. The molecule has 3 aromatic rings. The molecule has 1 N–H and O–H groups in total. The van der Waals surface area contributed by atoms with Crippen LogP contribution < -0.4 is 10.1 Å². The second-order valence-corrected chi connectivity index (χ2v) is 8.43. The molecule has 1 aromatic heterocycles. The van der Waals surface area contributed by atoms with Gasteiger partial charge in [-0.15, -0.1) is 0 Å². The molecule has 0 radical (unpaired) electrons. The highest BCUT2D eigenvalue weighted by Gasteiger charge is 2.24. The molecular formula is C27H31N3O4. The molecule has 1 aliphatic rings. The van der Waals surface area contributed by atoms with E-state index in [0.717, 1.165) is 29.9 Å². The number of amides is 2. The number of ether oxygens (including phenoxy) is 1. The number of likely N-dealkylation sites (tertiary alicyclic amines) is 1. The lowest BCUT2D eigenvalue weighted by Crippen LogP contribution is -2.46. The Balaban J connectivity index is 1.16. The second kappa shape index (κ2) is 11.5. The van der Waals surface area contributed by atoms with Crippen molar-refractivity contribution in [1.82, 2.24) is 15.2 Å². The number of hydrogen-bond acceptors (Lipinski definition) is 5. The lowest BCUT2D eigenvalue weighted by atomic mass is 10.0. The highest BCUT2D eigenvalue weighted by Crippen LogP contribution is 2.21. The first-order valence-electron chi connectivity index (χ1n) is 11.9. The van der Waals surface area contributed by atoms with E-state index in [0.29, 0.717) is 50.4 Å². The summed E-state index contributed by atoms with van der Waals surface area (Å²) in [6.07, 6.45) is 4.97. The molecule has 2 amide bonds. The zero-order chi connectivity index (χ0) is 23.8. The molecule has 34 heavy (non-hydrogen) atoms. The average Bonchev–Trinajstić information content (AvgIpc) is 3.34. The molecule has 0 bridgehead atoms. The summed E-state index contributed by atoms with van der Waals surface area (Å²) >= 11 is 0. The van der Waals surface area contributed by atoms with Gasteiger partial charge in [-0.3, -0.25) is 9.59 Å². The maximum Gasteiger partial charge on any atom is 0.253 e. The topological polar surface area (TPSA) is 84.7 Å². The minimum Gasteiger partial charge on any atom is -0.494 e. The number of rotatable bonds is 9. The molecule has 7 heteroatoms. The van der Waals surface area contributed by atoms with Gasteiger partial charge in [0.25, 0.3) is 5.91 Å². The number of nitrogens with one attached hydrogen (secondary N) is 1.